The van der Waals surface area contributed by atoms with Crippen LogP contribution in [0.4, 0.5) is 4.79 Å². The Morgan fingerprint density at radius 2 is 1.76 bits per heavy atom. The first kappa shape index (κ1) is 16.1. The van der Waals surface area contributed by atoms with Gasteiger partial charge in [-0.15, -0.1) is 0 Å². The van der Waals surface area contributed by atoms with Gasteiger partial charge in [-0.2, -0.15) is 11.8 Å². The van der Waals surface area contributed by atoms with E-state index in [1.54, 1.807) is 11.8 Å². The molecule has 0 fully saturated rings. The van der Waals surface area contributed by atoms with Gasteiger partial charge in [-0.05, 0) is 12.7 Å². The molecule has 0 aliphatic carbocycles. The molecule has 6 nitrogen and oxygen atoms in total. The molecule has 0 heterocycles. The Kier molecular flexibility index (Phi) is 8.61. The Balaban J connectivity index is 3.50. The Hall–Kier alpha value is -0.950. The fraction of sp³-hybridized carbons (Fsp3) is 0.800. The molecular weight excluding hydrogens is 244 g/mol. The molecule has 1 unspecified atom stereocenters. The lowest BCUT2D eigenvalue weighted by atomic mass is 10.2. The Morgan fingerprint density at radius 3 is 2.24 bits per heavy atom. The highest BCUT2D eigenvalue weighted by molar-refractivity contribution is 7.99. The van der Waals surface area contributed by atoms with Crippen LogP contribution in [0.25, 0.3) is 0 Å². The maximum atomic E-state index is 11.2. The van der Waals surface area contributed by atoms with Gasteiger partial charge in [0.2, 0.25) is 0 Å². The highest BCUT2D eigenvalue weighted by Gasteiger charge is 2.12. The van der Waals surface area contributed by atoms with Crippen molar-refractivity contribution in [2.75, 3.05) is 19.3 Å². The monoisotopic (exact) mass is 264 g/mol. The number of carbonyl (C=O) groups is 2. The summed E-state index contributed by atoms with van der Waals surface area (Å²) in [6.45, 7) is 2.79. The van der Waals surface area contributed by atoms with Crippen molar-refractivity contribution in [3.8, 4) is 0 Å². The van der Waals surface area contributed by atoms with Gasteiger partial charge in [0.25, 0.3) is 0 Å². The van der Waals surface area contributed by atoms with Gasteiger partial charge >= 0.3 is 12.0 Å². The molecule has 0 aliphatic heterocycles. The van der Waals surface area contributed by atoms with Crippen molar-refractivity contribution < 1.29 is 19.8 Å². The predicted molar refractivity (Wildman–Crippen MR) is 67.3 cm³/mol. The Bertz CT molecular complexity index is 250. The smallest absolute Gasteiger partial charge is 0.332 e. The summed E-state index contributed by atoms with van der Waals surface area (Å²) in [5.74, 6) is -1.28. The maximum Gasteiger partial charge on any atom is 0.332 e. The number of nitrogens with one attached hydrogen (secondary N) is 2. The molecule has 2 atom stereocenters. The van der Waals surface area contributed by atoms with Crippen LogP contribution in [0.15, 0.2) is 0 Å². The number of carboxylic acids is 1. The van der Waals surface area contributed by atoms with Crippen molar-refractivity contribution in [2.24, 2.45) is 0 Å². The van der Waals surface area contributed by atoms with E-state index in [1.165, 1.54) is 0 Å². The summed E-state index contributed by atoms with van der Waals surface area (Å²) in [6, 6.07) is -0.337. The van der Waals surface area contributed by atoms with Gasteiger partial charge in [-0.1, -0.05) is 6.92 Å². The number of amides is 2. The van der Waals surface area contributed by atoms with E-state index < -0.39 is 12.1 Å². The number of rotatable bonds is 8. The Labute approximate surface area is 105 Å². The van der Waals surface area contributed by atoms with Crippen molar-refractivity contribution in [1.82, 2.24) is 10.6 Å². The number of hydrogen-bond acceptors (Lipinski definition) is 4. The second-order valence-corrected chi connectivity index (χ2v) is 4.94. The number of aliphatic hydroxyl groups is 1. The average molecular weight is 264 g/mol. The van der Waals surface area contributed by atoms with Crippen molar-refractivity contribution in [3.05, 3.63) is 0 Å². The molecule has 100 valence electrons. The molecule has 0 rings (SSSR count). The lowest BCUT2D eigenvalue weighted by Crippen LogP contribution is -2.38. The van der Waals surface area contributed by atoms with Crippen LogP contribution in [0.3, 0.4) is 0 Å². The van der Waals surface area contributed by atoms with E-state index in [0.717, 1.165) is 6.42 Å². The minimum Gasteiger partial charge on any atom is -0.479 e. The number of aliphatic carboxylic acids is 1. The van der Waals surface area contributed by atoms with Gasteiger partial charge in [0.1, 0.15) is 0 Å². The molecule has 0 aromatic rings. The van der Waals surface area contributed by atoms with E-state index in [2.05, 4.69) is 17.6 Å². The van der Waals surface area contributed by atoms with E-state index in [0.29, 0.717) is 11.8 Å². The van der Waals surface area contributed by atoms with E-state index in [1.807, 2.05) is 6.26 Å². The molecule has 0 aromatic carbocycles. The molecule has 0 radical (unpaired) electrons. The van der Waals surface area contributed by atoms with E-state index in [-0.39, 0.29) is 19.0 Å². The standard InChI is InChI=1S/C10H20N2O4S/c1-7(17-2)3-5-11-10(16)12-6-4-8(13)9(14)15/h7-8,13H,3-6H2,1-2H3,(H,14,15)(H2,11,12,16)/t7?,8-/m0/s1. The molecule has 0 aliphatic rings. The number of carbonyl (C=O) groups excluding carboxylic acids is 1. The molecule has 7 heteroatoms. The summed E-state index contributed by atoms with van der Waals surface area (Å²) >= 11 is 1.73. The molecule has 2 amide bonds. The highest BCUT2D eigenvalue weighted by atomic mass is 32.2. The van der Waals surface area contributed by atoms with Crippen LogP contribution in [0.5, 0.6) is 0 Å². The van der Waals surface area contributed by atoms with Crippen LogP contribution in [0.2, 0.25) is 0 Å². The topological polar surface area (TPSA) is 98.7 Å². The number of hydrogen-bond donors (Lipinski definition) is 4. The van der Waals surface area contributed by atoms with Crippen LogP contribution in [0, 0.1) is 0 Å². The summed E-state index contributed by atoms with van der Waals surface area (Å²) in [6.07, 6.45) is 1.47. The predicted octanol–water partition coefficient (Wildman–Crippen LogP) is 0.263. The highest BCUT2D eigenvalue weighted by Crippen LogP contribution is 2.07. The van der Waals surface area contributed by atoms with Gasteiger partial charge in [0, 0.05) is 24.8 Å². The zero-order valence-electron chi connectivity index (χ0n) is 10.1. The van der Waals surface area contributed by atoms with E-state index in [9.17, 15) is 9.59 Å². The second kappa shape index (κ2) is 9.12. The van der Waals surface area contributed by atoms with E-state index >= 15 is 0 Å². The molecule has 4 N–H and O–H groups in total. The fourth-order valence-corrected chi connectivity index (χ4v) is 1.37. The third kappa shape index (κ3) is 8.82. The van der Waals surface area contributed by atoms with Gasteiger partial charge in [-0.3, -0.25) is 0 Å². The first-order valence-electron chi connectivity index (χ1n) is 5.42. The van der Waals surface area contributed by atoms with Gasteiger partial charge in [0.15, 0.2) is 6.10 Å². The lowest BCUT2D eigenvalue weighted by molar-refractivity contribution is -0.146. The summed E-state index contributed by atoms with van der Waals surface area (Å²) in [7, 11) is 0. The van der Waals surface area contributed by atoms with E-state index in [4.69, 9.17) is 10.2 Å². The first-order chi connectivity index (χ1) is 7.97. The molecule has 17 heavy (non-hydrogen) atoms. The molecule has 0 spiro atoms. The van der Waals surface area contributed by atoms with Crippen LogP contribution in [-0.2, 0) is 4.79 Å². The Morgan fingerprint density at radius 1 is 1.24 bits per heavy atom. The maximum absolute atomic E-state index is 11.2. The molecular formula is C10H20N2O4S. The summed E-state index contributed by atoms with van der Waals surface area (Å²) in [5.41, 5.74) is 0. The number of urea groups is 1. The number of thioether (sulfide) groups is 1. The summed E-state index contributed by atoms with van der Waals surface area (Å²) in [4.78, 5) is 21.5. The fourth-order valence-electron chi connectivity index (χ4n) is 1.02. The van der Waals surface area contributed by atoms with Crippen molar-refractivity contribution in [3.63, 3.8) is 0 Å². The molecule has 0 saturated carbocycles. The van der Waals surface area contributed by atoms with Crippen molar-refractivity contribution in [1.29, 1.82) is 0 Å². The number of carboxylic acid groups (broad SMARTS) is 1. The second-order valence-electron chi connectivity index (χ2n) is 3.66. The van der Waals surface area contributed by atoms with Crippen LogP contribution < -0.4 is 10.6 Å². The molecule has 0 aromatic heterocycles. The zero-order valence-corrected chi connectivity index (χ0v) is 10.9. The quantitative estimate of drug-likeness (QED) is 0.504. The van der Waals surface area contributed by atoms with Crippen LogP contribution in [0.1, 0.15) is 19.8 Å². The normalized spacial score (nSPS) is 13.8. The van der Waals surface area contributed by atoms with Crippen molar-refractivity contribution in [2.45, 2.75) is 31.1 Å². The average Bonchev–Trinajstić information content (AvgIpc) is 2.28. The third-order valence-corrected chi connectivity index (χ3v) is 3.27. The zero-order chi connectivity index (χ0) is 13.3. The summed E-state index contributed by atoms with van der Waals surface area (Å²) in [5, 5.41) is 23.0. The molecule has 0 saturated heterocycles. The van der Waals surface area contributed by atoms with Crippen LogP contribution in [-0.4, -0.2) is 52.9 Å². The first-order valence-corrected chi connectivity index (χ1v) is 6.71. The van der Waals surface area contributed by atoms with Gasteiger partial charge < -0.3 is 20.8 Å². The van der Waals surface area contributed by atoms with Crippen molar-refractivity contribution >= 4 is 23.8 Å². The molecule has 0 bridgehead atoms. The van der Waals surface area contributed by atoms with Gasteiger partial charge in [-0.25, -0.2) is 9.59 Å². The minimum atomic E-state index is -1.42. The van der Waals surface area contributed by atoms with Crippen LogP contribution >= 0.6 is 11.8 Å². The van der Waals surface area contributed by atoms with Gasteiger partial charge in [0.05, 0.1) is 0 Å². The largest absolute Gasteiger partial charge is 0.479 e. The number of aliphatic hydroxyl groups excluding tert-OH is 1. The summed E-state index contributed by atoms with van der Waals surface area (Å²) < 4.78 is 0. The lowest BCUT2D eigenvalue weighted by Gasteiger charge is -2.10. The third-order valence-electron chi connectivity index (χ3n) is 2.23. The minimum absolute atomic E-state index is 0.00394. The SMILES string of the molecule is CSC(C)CCNC(=O)NCC[C@H](O)C(=O)O.